The first kappa shape index (κ1) is 72.3. The molecule has 6 nitrogen and oxygen atoms in total. The van der Waals surface area contributed by atoms with Gasteiger partial charge < -0.3 is 20.3 Å². The fourth-order valence-corrected chi connectivity index (χ4v) is 10.6. The van der Waals surface area contributed by atoms with E-state index in [1.807, 2.05) is 6.08 Å². The Morgan fingerprint density at radius 2 is 0.635 bits per heavy atom. The first-order valence-electron chi connectivity index (χ1n) is 33.6. The maximum atomic E-state index is 12.5. The van der Waals surface area contributed by atoms with Gasteiger partial charge in [0.2, 0.25) is 5.91 Å². The molecular formula is C68H131NO5. The molecule has 0 saturated carbocycles. The van der Waals surface area contributed by atoms with Crippen LogP contribution in [0, 0.1) is 0 Å². The molecule has 1 amide bonds. The van der Waals surface area contributed by atoms with Crippen LogP contribution in [-0.4, -0.2) is 47.4 Å². The highest BCUT2D eigenvalue weighted by molar-refractivity contribution is 5.76. The zero-order valence-electron chi connectivity index (χ0n) is 50.1. The second-order valence-electron chi connectivity index (χ2n) is 23.2. The Kier molecular flexibility index (Phi) is 62.4. The molecule has 0 heterocycles. The molecule has 0 spiro atoms. The van der Waals surface area contributed by atoms with Crippen LogP contribution in [0.3, 0.4) is 0 Å². The number of hydrogen-bond acceptors (Lipinski definition) is 5. The molecule has 3 N–H and O–H groups in total. The highest BCUT2D eigenvalue weighted by Gasteiger charge is 2.18. The van der Waals surface area contributed by atoms with E-state index in [0.29, 0.717) is 19.4 Å². The molecule has 0 aliphatic heterocycles. The average Bonchev–Trinajstić information content (AvgIpc) is 3.40. The smallest absolute Gasteiger partial charge is 0.305 e. The summed E-state index contributed by atoms with van der Waals surface area (Å²) in [6.07, 6.45) is 79.5. The predicted octanol–water partition coefficient (Wildman–Crippen LogP) is 21.4. The lowest BCUT2D eigenvalue weighted by Gasteiger charge is -2.20. The van der Waals surface area contributed by atoms with Crippen molar-refractivity contribution in [1.82, 2.24) is 5.32 Å². The molecule has 0 aromatic rings. The van der Waals surface area contributed by atoms with E-state index in [1.165, 1.54) is 302 Å². The number of aliphatic hydroxyl groups is 2. The van der Waals surface area contributed by atoms with Crippen LogP contribution in [0.25, 0.3) is 0 Å². The quantitative estimate of drug-likeness (QED) is 0.0320. The Morgan fingerprint density at radius 3 is 0.959 bits per heavy atom. The molecule has 0 bridgehead atoms. The summed E-state index contributed by atoms with van der Waals surface area (Å²) < 4.78 is 5.48. The number of ether oxygens (including phenoxy) is 1. The summed E-state index contributed by atoms with van der Waals surface area (Å²) in [5, 5.41) is 23.3. The van der Waals surface area contributed by atoms with E-state index >= 15 is 0 Å². The highest BCUT2D eigenvalue weighted by atomic mass is 16.5. The molecule has 2 unspecified atom stereocenters. The van der Waals surface area contributed by atoms with Gasteiger partial charge in [0.1, 0.15) is 0 Å². The van der Waals surface area contributed by atoms with Gasteiger partial charge in [0.15, 0.2) is 0 Å². The van der Waals surface area contributed by atoms with E-state index in [9.17, 15) is 19.8 Å². The SMILES string of the molecule is CCCCCCC/C=C\CCCCCCCC(=O)OCCCCCCCCCCCCCCCCCCCCC(=O)NC(CO)C(O)/C=C/CCCCCCCCCCCCCCCCCCCCCCCCC. The molecule has 6 heteroatoms. The molecule has 2 atom stereocenters. The number of nitrogens with one attached hydrogen (secondary N) is 1. The Hall–Kier alpha value is -1.66. The topological polar surface area (TPSA) is 95.9 Å². The lowest BCUT2D eigenvalue weighted by Crippen LogP contribution is -2.45. The van der Waals surface area contributed by atoms with Crippen LogP contribution in [-0.2, 0) is 14.3 Å². The van der Waals surface area contributed by atoms with Crippen molar-refractivity contribution >= 4 is 11.9 Å². The third kappa shape index (κ3) is 59.6. The van der Waals surface area contributed by atoms with Gasteiger partial charge in [-0.1, -0.05) is 327 Å². The summed E-state index contributed by atoms with van der Waals surface area (Å²) in [7, 11) is 0. The first-order valence-corrected chi connectivity index (χ1v) is 33.6. The van der Waals surface area contributed by atoms with E-state index in [1.54, 1.807) is 6.08 Å². The number of aliphatic hydroxyl groups excluding tert-OH is 2. The molecular weight excluding hydrogens is 911 g/mol. The zero-order chi connectivity index (χ0) is 53.6. The summed E-state index contributed by atoms with van der Waals surface area (Å²) in [5.41, 5.74) is 0. The maximum absolute atomic E-state index is 12.5. The summed E-state index contributed by atoms with van der Waals surface area (Å²) in [5.74, 6) is -0.0691. The third-order valence-corrected chi connectivity index (χ3v) is 15.7. The number of esters is 1. The minimum atomic E-state index is -0.849. The Morgan fingerprint density at radius 1 is 0.365 bits per heavy atom. The Bertz CT molecular complexity index is 1150. The van der Waals surface area contributed by atoms with Gasteiger partial charge in [-0.25, -0.2) is 0 Å². The standard InChI is InChI=1S/C68H131NO5/c1-3-5-7-9-11-13-15-17-19-20-21-22-23-24-25-26-27-30-33-36-40-44-48-52-56-60-66(71)65(64-70)69-67(72)61-57-53-49-45-41-37-34-31-28-29-32-35-39-43-47-51-55-59-63-74-68(73)62-58-54-50-46-42-38-18-16-14-12-10-8-6-4-2/h16,18,56,60,65-66,70-71H,3-15,17,19-55,57-59,61-64H2,1-2H3,(H,69,72)/b18-16-,60-56+. The van der Waals surface area contributed by atoms with Gasteiger partial charge in [0.05, 0.1) is 25.4 Å². The van der Waals surface area contributed by atoms with Crippen LogP contribution in [0.2, 0.25) is 0 Å². The fraction of sp³-hybridized carbons (Fsp3) is 0.912. The maximum Gasteiger partial charge on any atom is 0.305 e. The van der Waals surface area contributed by atoms with Gasteiger partial charge in [-0.2, -0.15) is 0 Å². The van der Waals surface area contributed by atoms with Crippen molar-refractivity contribution in [2.75, 3.05) is 13.2 Å². The van der Waals surface area contributed by atoms with E-state index in [4.69, 9.17) is 4.74 Å². The number of carbonyl (C=O) groups excluding carboxylic acids is 2. The molecule has 0 aromatic heterocycles. The van der Waals surface area contributed by atoms with Gasteiger partial charge in [-0.3, -0.25) is 9.59 Å². The van der Waals surface area contributed by atoms with Crippen molar-refractivity contribution < 1.29 is 24.5 Å². The molecule has 0 radical (unpaired) electrons. The van der Waals surface area contributed by atoms with Crippen LogP contribution in [0.15, 0.2) is 24.3 Å². The Labute approximate surface area is 462 Å². The average molecular weight is 1040 g/mol. The minimum Gasteiger partial charge on any atom is -0.466 e. The van der Waals surface area contributed by atoms with E-state index in [2.05, 4.69) is 31.3 Å². The van der Waals surface area contributed by atoms with Gasteiger partial charge in [-0.15, -0.1) is 0 Å². The van der Waals surface area contributed by atoms with Crippen LogP contribution in [0.4, 0.5) is 0 Å². The zero-order valence-corrected chi connectivity index (χ0v) is 50.1. The van der Waals surface area contributed by atoms with Gasteiger partial charge in [0, 0.05) is 12.8 Å². The molecule has 0 rings (SSSR count). The van der Waals surface area contributed by atoms with E-state index < -0.39 is 12.1 Å². The van der Waals surface area contributed by atoms with Gasteiger partial charge in [-0.05, 0) is 57.8 Å². The van der Waals surface area contributed by atoms with Crippen molar-refractivity contribution in [3.63, 3.8) is 0 Å². The second-order valence-corrected chi connectivity index (χ2v) is 23.2. The van der Waals surface area contributed by atoms with Gasteiger partial charge in [0.25, 0.3) is 0 Å². The Balaban J connectivity index is 3.44. The lowest BCUT2D eigenvalue weighted by molar-refractivity contribution is -0.143. The lowest BCUT2D eigenvalue weighted by atomic mass is 10.0. The van der Waals surface area contributed by atoms with Crippen molar-refractivity contribution in [2.24, 2.45) is 0 Å². The van der Waals surface area contributed by atoms with Crippen LogP contribution >= 0.6 is 0 Å². The monoisotopic (exact) mass is 1040 g/mol. The largest absolute Gasteiger partial charge is 0.466 e. The van der Waals surface area contributed by atoms with E-state index in [0.717, 1.165) is 44.9 Å². The van der Waals surface area contributed by atoms with Crippen molar-refractivity contribution in [2.45, 2.75) is 386 Å². The van der Waals surface area contributed by atoms with Crippen LogP contribution < -0.4 is 5.32 Å². The molecule has 0 saturated heterocycles. The number of unbranched alkanes of at least 4 members (excludes halogenated alkanes) is 50. The summed E-state index contributed by atoms with van der Waals surface area (Å²) >= 11 is 0. The van der Waals surface area contributed by atoms with Crippen molar-refractivity contribution in [3.05, 3.63) is 24.3 Å². The summed E-state index contributed by atoms with van der Waals surface area (Å²) in [6.45, 7) is 4.92. The molecule has 438 valence electrons. The molecule has 0 aliphatic carbocycles. The van der Waals surface area contributed by atoms with Crippen LogP contribution in [0.5, 0.6) is 0 Å². The third-order valence-electron chi connectivity index (χ3n) is 15.7. The molecule has 74 heavy (non-hydrogen) atoms. The first-order chi connectivity index (χ1) is 36.5. The second kappa shape index (κ2) is 63.9. The number of amides is 1. The van der Waals surface area contributed by atoms with Crippen molar-refractivity contribution in [3.8, 4) is 0 Å². The summed E-state index contributed by atoms with van der Waals surface area (Å²) in [6, 6.07) is -0.632. The van der Waals surface area contributed by atoms with Crippen molar-refractivity contribution in [1.29, 1.82) is 0 Å². The summed E-state index contributed by atoms with van der Waals surface area (Å²) in [4.78, 5) is 24.6. The fourth-order valence-electron chi connectivity index (χ4n) is 10.6. The normalized spacial score (nSPS) is 12.6. The minimum absolute atomic E-state index is 0.00117. The predicted molar refractivity (Wildman–Crippen MR) is 324 cm³/mol. The van der Waals surface area contributed by atoms with Gasteiger partial charge >= 0.3 is 5.97 Å². The highest BCUT2D eigenvalue weighted by Crippen LogP contribution is 2.18. The number of rotatable bonds is 63. The van der Waals surface area contributed by atoms with E-state index in [-0.39, 0.29) is 18.5 Å². The number of carbonyl (C=O) groups is 2. The van der Waals surface area contributed by atoms with Crippen LogP contribution in [0.1, 0.15) is 373 Å². The molecule has 0 fully saturated rings. The number of hydrogen-bond donors (Lipinski definition) is 3. The molecule has 0 aromatic carbocycles. The molecule has 0 aliphatic rings. The number of allylic oxidation sites excluding steroid dienone is 3.